The zero-order chi connectivity index (χ0) is 9.68. The molecule has 67 valence electrons. The van der Waals surface area contributed by atoms with Gasteiger partial charge in [-0.25, -0.2) is 4.39 Å². The lowest BCUT2D eigenvalue weighted by Gasteiger charge is -2.02. The summed E-state index contributed by atoms with van der Waals surface area (Å²) >= 11 is 0. The molecule has 0 unspecified atom stereocenters. The molecular weight excluding hydrogens is 171 g/mol. The van der Waals surface area contributed by atoms with Gasteiger partial charge in [-0.15, -0.1) is 0 Å². The summed E-state index contributed by atoms with van der Waals surface area (Å²) in [5, 5.41) is 0. The van der Waals surface area contributed by atoms with Crippen LogP contribution in [0.1, 0.15) is 5.56 Å². The summed E-state index contributed by atoms with van der Waals surface area (Å²) in [6.45, 7) is 3.76. The van der Waals surface area contributed by atoms with Gasteiger partial charge in [0.15, 0.2) is 0 Å². The van der Waals surface area contributed by atoms with E-state index in [9.17, 15) is 9.18 Å². The zero-order valence-electron chi connectivity index (χ0n) is 6.92. The van der Waals surface area contributed by atoms with Crippen molar-refractivity contribution in [3.63, 3.8) is 0 Å². The molecule has 0 aromatic heterocycles. The third-order valence-corrected chi connectivity index (χ3v) is 1.42. The number of benzene rings is 1. The highest BCUT2D eigenvalue weighted by Crippen LogP contribution is 2.15. The lowest BCUT2D eigenvalue weighted by molar-refractivity contribution is 0.361. The molecule has 1 radical (unpaired) electrons. The van der Waals surface area contributed by atoms with Crippen molar-refractivity contribution < 1.29 is 13.9 Å². The molecule has 0 atom stereocenters. The van der Waals surface area contributed by atoms with Gasteiger partial charge in [0, 0.05) is 6.07 Å². The summed E-state index contributed by atoms with van der Waals surface area (Å²) in [5.74, 6) is -0.257. The zero-order valence-corrected chi connectivity index (χ0v) is 6.92. The maximum absolute atomic E-state index is 12.9. The van der Waals surface area contributed by atoms with E-state index >= 15 is 0 Å². The van der Waals surface area contributed by atoms with Gasteiger partial charge in [-0.1, -0.05) is 12.7 Å². The average molecular weight is 179 g/mol. The second kappa shape index (κ2) is 4.40. The van der Waals surface area contributed by atoms with E-state index < -0.39 is 5.82 Å². The molecule has 1 aromatic rings. The Morgan fingerprint density at radius 1 is 1.62 bits per heavy atom. The van der Waals surface area contributed by atoms with Gasteiger partial charge in [-0.3, -0.25) is 4.79 Å². The molecule has 3 heteroatoms. The van der Waals surface area contributed by atoms with Crippen LogP contribution in [0.25, 0.3) is 0 Å². The van der Waals surface area contributed by atoms with Crippen LogP contribution in [0.2, 0.25) is 0 Å². The average Bonchev–Trinajstić information content (AvgIpc) is 2.15. The van der Waals surface area contributed by atoms with Crippen LogP contribution in [0.15, 0.2) is 30.9 Å². The Morgan fingerprint density at radius 3 is 2.92 bits per heavy atom. The van der Waals surface area contributed by atoms with E-state index in [4.69, 9.17) is 4.74 Å². The number of rotatable bonds is 4. The summed E-state index contributed by atoms with van der Waals surface area (Å²) in [6.07, 6.45) is 3.03. The number of halogens is 1. The van der Waals surface area contributed by atoms with Crippen LogP contribution < -0.4 is 4.74 Å². The van der Waals surface area contributed by atoms with E-state index in [2.05, 4.69) is 6.58 Å². The number of carbonyl (C=O) groups excluding carboxylic acids is 1. The molecule has 0 fully saturated rings. The molecule has 0 bridgehead atoms. The van der Waals surface area contributed by atoms with Crippen molar-refractivity contribution in [3.05, 3.63) is 42.2 Å². The van der Waals surface area contributed by atoms with Crippen LogP contribution in [0, 0.1) is 5.82 Å². The highest BCUT2D eigenvalue weighted by Gasteiger charge is 2.02. The molecule has 2 nitrogen and oxygen atoms in total. The van der Waals surface area contributed by atoms with E-state index in [0.29, 0.717) is 12.4 Å². The Balaban J connectivity index is 2.82. The van der Waals surface area contributed by atoms with E-state index in [-0.39, 0.29) is 5.56 Å². The third-order valence-electron chi connectivity index (χ3n) is 1.42. The molecule has 0 N–H and O–H groups in total. The quantitative estimate of drug-likeness (QED) is 0.659. The van der Waals surface area contributed by atoms with Gasteiger partial charge in [0.2, 0.25) is 6.29 Å². The standard InChI is InChI=1S/C10H8FO2/c1-2-5-13-9-4-3-8(7-12)10(11)6-9/h2-4,6H,1,5H2. The lowest BCUT2D eigenvalue weighted by atomic mass is 10.2. The number of hydrogen-bond acceptors (Lipinski definition) is 2. The minimum Gasteiger partial charge on any atom is -0.489 e. The minimum absolute atomic E-state index is 0.0917. The lowest BCUT2D eigenvalue weighted by Crippen LogP contribution is -1.95. The first-order valence-electron chi connectivity index (χ1n) is 3.69. The fourth-order valence-electron chi connectivity index (χ4n) is 0.824. The normalized spacial score (nSPS) is 9.31. The van der Waals surface area contributed by atoms with Crippen LogP contribution in [0.5, 0.6) is 5.75 Å². The van der Waals surface area contributed by atoms with Crippen LogP contribution in [0.4, 0.5) is 4.39 Å². The van der Waals surface area contributed by atoms with Gasteiger partial charge in [0.25, 0.3) is 0 Å². The largest absolute Gasteiger partial charge is 0.489 e. The molecule has 1 rings (SSSR count). The van der Waals surface area contributed by atoms with Gasteiger partial charge in [0.05, 0.1) is 5.56 Å². The van der Waals surface area contributed by atoms with Gasteiger partial charge in [-0.05, 0) is 12.1 Å². The van der Waals surface area contributed by atoms with E-state index in [1.165, 1.54) is 18.4 Å². The predicted molar refractivity (Wildman–Crippen MR) is 46.9 cm³/mol. The SMILES string of the molecule is C=CCOc1ccc([C]=O)c(F)c1. The Kier molecular flexibility index (Phi) is 3.20. The highest BCUT2D eigenvalue weighted by molar-refractivity contribution is 5.75. The first-order chi connectivity index (χ1) is 6.27. The van der Waals surface area contributed by atoms with Gasteiger partial charge in [0.1, 0.15) is 18.2 Å². The Hall–Kier alpha value is -1.64. The maximum Gasteiger partial charge on any atom is 0.236 e. The van der Waals surface area contributed by atoms with Crippen LogP contribution in [-0.2, 0) is 4.79 Å². The van der Waals surface area contributed by atoms with Crippen molar-refractivity contribution in [2.45, 2.75) is 0 Å². The second-order valence-electron chi connectivity index (χ2n) is 2.34. The summed E-state index contributed by atoms with van der Waals surface area (Å²) in [6, 6.07) is 3.97. The molecule has 0 aliphatic heterocycles. The molecule has 0 heterocycles. The first-order valence-corrected chi connectivity index (χ1v) is 3.69. The van der Waals surface area contributed by atoms with Crippen molar-refractivity contribution >= 4 is 6.29 Å². The van der Waals surface area contributed by atoms with Gasteiger partial charge in [-0.2, -0.15) is 0 Å². The molecule has 0 amide bonds. The van der Waals surface area contributed by atoms with Crippen LogP contribution in [0.3, 0.4) is 0 Å². The molecule has 0 aliphatic carbocycles. The third kappa shape index (κ3) is 2.40. The fraction of sp³-hybridized carbons (Fsp3) is 0.100. The Morgan fingerprint density at radius 2 is 2.38 bits per heavy atom. The molecule has 0 saturated carbocycles. The van der Waals surface area contributed by atoms with Gasteiger partial charge < -0.3 is 4.74 Å². The van der Waals surface area contributed by atoms with Crippen molar-refractivity contribution in [2.24, 2.45) is 0 Å². The predicted octanol–water partition coefficient (Wildman–Crippen LogP) is 1.85. The topological polar surface area (TPSA) is 26.3 Å². The molecule has 0 aliphatic rings. The van der Waals surface area contributed by atoms with Crippen molar-refractivity contribution in [3.8, 4) is 5.75 Å². The number of ether oxygens (including phenoxy) is 1. The second-order valence-corrected chi connectivity index (χ2v) is 2.34. The highest BCUT2D eigenvalue weighted by atomic mass is 19.1. The summed E-state index contributed by atoms with van der Waals surface area (Å²) < 4.78 is 18.0. The van der Waals surface area contributed by atoms with Crippen LogP contribution >= 0.6 is 0 Å². The van der Waals surface area contributed by atoms with E-state index in [1.54, 1.807) is 6.08 Å². The molecular formula is C10H8FO2. The van der Waals surface area contributed by atoms with Crippen molar-refractivity contribution in [1.82, 2.24) is 0 Å². The smallest absolute Gasteiger partial charge is 0.236 e. The van der Waals surface area contributed by atoms with Crippen molar-refractivity contribution in [1.29, 1.82) is 0 Å². The molecule has 1 aromatic carbocycles. The first kappa shape index (κ1) is 9.45. The molecule has 0 spiro atoms. The summed E-state index contributed by atoms with van der Waals surface area (Å²) in [4.78, 5) is 10.1. The van der Waals surface area contributed by atoms with Crippen molar-refractivity contribution in [2.75, 3.05) is 6.61 Å². The molecule has 13 heavy (non-hydrogen) atoms. The monoisotopic (exact) mass is 179 g/mol. The maximum atomic E-state index is 12.9. The number of hydrogen-bond donors (Lipinski definition) is 0. The van der Waals surface area contributed by atoms with E-state index in [1.807, 2.05) is 0 Å². The molecule has 0 saturated heterocycles. The fourth-order valence-corrected chi connectivity index (χ4v) is 0.824. The summed E-state index contributed by atoms with van der Waals surface area (Å²) in [5.41, 5.74) is -0.0917. The van der Waals surface area contributed by atoms with Gasteiger partial charge >= 0.3 is 0 Å². The van der Waals surface area contributed by atoms with E-state index in [0.717, 1.165) is 6.07 Å². The Labute approximate surface area is 75.6 Å². The van der Waals surface area contributed by atoms with Crippen LogP contribution in [-0.4, -0.2) is 12.9 Å². The summed E-state index contributed by atoms with van der Waals surface area (Å²) in [7, 11) is 0. The Bertz CT molecular complexity index is 321. The minimum atomic E-state index is -0.628.